The van der Waals surface area contributed by atoms with Crippen LogP contribution in [-0.4, -0.2) is 20.8 Å². The van der Waals surface area contributed by atoms with Gasteiger partial charge < -0.3 is 20.9 Å². The SMILES string of the molecule is CCC(CC)COc1ccc(CNC)cc1OC.N. The lowest BCUT2D eigenvalue weighted by atomic mass is 10.1. The molecular formula is C15H28N2O2. The number of hydrogen-bond acceptors (Lipinski definition) is 4. The van der Waals surface area contributed by atoms with Crippen LogP contribution in [0.4, 0.5) is 0 Å². The van der Waals surface area contributed by atoms with Gasteiger partial charge in [0.05, 0.1) is 13.7 Å². The summed E-state index contributed by atoms with van der Waals surface area (Å²) in [7, 11) is 3.62. The smallest absolute Gasteiger partial charge is 0.161 e. The van der Waals surface area contributed by atoms with Gasteiger partial charge in [0.15, 0.2) is 11.5 Å². The first-order valence-corrected chi connectivity index (χ1v) is 6.69. The quantitative estimate of drug-likeness (QED) is 0.758. The Labute approximate surface area is 117 Å². The number of rotatable bonds is 8. The van der Waals surface area contributed by atoms with Crippen molar-refractivity contribution in [3.63, 3.8) is 0 Å². The summed E-state index contributed by atoms with van der Waals surface area (Å²) in [6.45, 7) is 5.99. The molecule has 1 aromatic carbocycles. The molecule has 4 heteroatoms. The van der Waals surface area contributed by atoms with E-state index in [9.17, 15) is 0 Å². The molecule has 0 atom stereocenters. The lowest BCUT2D eigenvalue weighted by molar-refractivity contribution is 0.230. The van der Waals surface area contributed by atoms with Crippen molar-refractivity contribution in [2.75, 3.05) is 20.8 Å². The molecule has 110 valence electrons. The normalized spacial score (nSPS) is 10.2. The molecule has 0 amide bonds. The molecule has 4 nitrogen and oxygen atoms in total. The topological polar surface area (TPSA) is 65.5 Å². The predicted molar refractivity (Wildman–Crippen MR) is 80.3 cm³/mol. The second kappa shape index (κ2) is 9.64. The van der Waals surface area contributed by atoms with Crippen LogP contribution < -0.4 is 20.9 Å². The Morgan fingerprint density at radius 1 is 1.16 bits per heavy atom. The maximum absolute atomic E-state index is 5.86. The minimum atomic E-state index is 0. The highest BCUT2D eigenvalue weighted by molar-refractivity contribution is 5.42. The molecule has 0 radical (unpaired) electrons. The van der Waals surface area contributed by atoms with Crippen LogP contribution in [0.3, 0.4) is 0 Å². The van der Waals surface area contributed by atoms with E-state index in [0.29, 0.717) is 5.92 Å². The van der Waals surface area contributed by atoms with Gasteiger partial charge in [-0.2, -0.15) is 0 Å². The summed E-state index contributed by atoms with van der Waals surface area (Å²) < 4.78 is 11.2. The second-order valence-electron chi connectivity index (χ2n) is 4.51. The van der Waals surface area contributed by atoms with Gasteiger partial charge in [0.2, 0.25) is 0 Å². The standard InChI is InChI=1S/C15H25NO2.H3N/c1-5-12(6-2)11-18-14-8-7-13(10-16-3)9-15(14)17-4;/h7-9,12,16H,5-6,10-11H2,1-4H3;1H3. The van der Waals surface area contributed by atoms with E-state index in [0.717, 1.165) is 37.5 Å². The number of nitrogens with one attached hydrogen (secondary N) is 1. The van der Waals surface area contributed by atoms with E-state index in [1.807, 2.05) is 19.2 Å². The van der Waals surface area contributed by atoms with Crippen LogP contribution in [0.1, 0.15) is 32.3 Å². The molecular weight excluding hydrogens is 240 g/mol. The summed E-state index contributed by atoms with van der Waals surface area (Å²) in [4.78, 5) is 0. The largest absolute Gasteiger partial charge is 0.493 e. The molecule has 19 heavy (non-hydrogen) atoms. The fraction of sp³-hybridized carbons (Fsp3) is 0.600. The molecule has 1 aromatic rings. The van der Waals surface area contributed by atoms with Crippen molar-refractivity contribution in [3.8, 4) is 11.5 Å². The average molecular weight is 268 g/mol. The van der Waals surface area contributed by atoms with Crippen molar-refractivity contribution in [2.45, 2.75) is 33.2 Å². The molecule has 0 fully saturated rings. The van der Waals surface area contributed by atoms with E-state index in [2.05, 4.69) is 25.2 Å². The van der Waals surface area contributed by atoms with Crippen molar-refractivity contribution in [1.82, 2.24) is 11.5 Å². The van der Waals surface area contributed by atoms with E-state index >= 15 is 0 Å². The third kappa shape index (κ3) is 5.49. The lowest BCUT2D eigenvalue weighted by Gasteiger charge is -2.16. The van der Waals surface area contributed by atoms with Crippen LogP contribution in [0.15, 0.2) is 18.2 Å². The van der Waals surface area contributed by atoms with Crippen LogP contribution >= 0.6 is 0 Å². The summed E-state index contributed by atoms with van der Waals surface area (Å²) in [5.41, 5.74) is 1.20. The second-order valence-corrected chi connectivity index (χ2v) is 4.51. The summed E-state index contributed by atoms with van der Waals surface area (Å²) in [6, 6.07) is 6.09. The Morgan fingerprint density at radius 2 is 1.84 bits per heavy atom. The average Bonchev–Trinajstić information content (AvgIpc) is 2.41. The third-order valence-electron chi connectivity index (χ3n) is 3.24. The third-order valence-corrected chi connectivity index (χ3v) is 3.24. The summed E-state index contributed by atoms with van der Waals surface area (Å²) in [5.74, 6) is 2.27. The van der Waals surface area contributed by atoms with Crippen molar-refractivity contribution < 1.29 is 9.47 Å². The lowest BCUT2D eigenvalue weighted by Crippen LogP contribution is -2.11. The highest BCUT2D eigenvalue weighted by Gasteiger charge is 2.09. The van der Waals surface area contributed by atoms with Crippen LogP contribution in [0, 0.1) is 5.92 Å². The first-order valence-electron chi connectivity index (χ1n) is 6.69. The van der Waals surface area contributed by atoms with Crippen LogP contribution in [0.5, 0.6) is 11.5 Å². The van der Waals surface area contributed by atoms with Gasteiger partial charge in [-0.25, -0.2) is 0 Å². The molecule has 0 unspecified atom stereocenters. The molecule has 0 saturated carbocycles. The van der Waals surface area contributed by atoms with Gasteiger partial charge in [0.1, 0.15) is 0 Å². The van der Waals surface area contributed by atoms with E-state index in [1.54, 1.807) is 7.11 Å². The van der Waals surface area contributed by atoms with Gasteiger partial charge in [0, 0.05) is 6.54 Å². The highest BCUT2D eigenvalue weighted by atomic mass is 16.5. The van der Waals surface area contributed by atoms with Crippen LogP contribution in [0.25, 0.3) is 0 Å². The number of benzene rings is 1. The zero-order valence-corrected chi connectivity index (χ0v) is 12.7. The molecule has 1 rings (SSSR count). The van der Waals surface area contributed by atoms with E-state index in [4.69, 9.17) is 9.47 Å². The summed E-state index contributed by atoms with van der Waals surface area (Å²) in [5, 5.41) is 3.13. The number of hydrogen-bond donors (Lipinski definition) is 2. The number of ether oxygens (including phenoxy) is 2. The summed E-state index contributed by atoms with van der Waals surface area (Å²) in [6.07, 6.45) is 2.30. The van der Waals surface area contributed by atoms with Gasteiger partial charge >= 0.3 is 0 Å². The maximum Gasteiger partial charge on any atom is 0.161 e. The minimum Gasteiger partial charge on any atom is -0.493 e. The molecule has 0 aliphatic heterocycles. The Kier molecular flexibility index (Phi) is 9.00. The van der Waals surface area contributed by atoms with Crippen molar-refractivity contribution >= 4 is 0 Å². The molecule has 0 heterocycles. The molecule has 0 spiro atoms. The molecule has 0 aliphatic rings. The van der Waals surface area contributed by atoms with Gasteiger partial charge in [-0.1, -0.05) is 32.8 Å². The zero-order valence-electron chi connectivity index (χ0n) is 12.7. The van der Waals surface area contributed by atoms with E-state index in [1.165, 1.54) is 5.56 Å². The Morgan fingerprint density at radius 3 is 2.37 bits per heavy atom. The van der Waals surface area contributed by atoms with Gasteiger partial charge in [-0.3, -0.25) is 0 Å². The Balaban J connectivity index is 0.00000324. The van der Waals surface area contributed by atoms with Crippen molar-refractivity contribution in [3.05, 3.63) is 23.8 Å². The molecule has 0 aliphatic carbocycles. The summed E-state index contributed by atoms with van der Waals surface area (Å²) >= 11 is 0. The van der Waals surface area contributed by atoms with Crippen molar-refractivity contribution in [2.24, 2.45) is 5.92 Å². The monoisotopic (exact) mass is 268 g/mol. The molecule has 0 saturated heterocycles. The number of methoxy groups -OCH3 is 1. The van der Waals surface area contributed by atoms with Gasteiger partial charge in [0.25, 0.3) is 0 Å². The predicted octanol–water partition coefficient (Wildman–Crippen LogP) is 3.39. The highest BCUT2D eigenvalue weighted by Crippen LogP contribution is 2.28. The first kappa shape index (κ1) is 17.7. The maximum atomic E-state index is 5.86. The fourth-order valence-electron chi connectivity index (χ4n) is 1.88. The zero-order chi connectivity index (χ0) is 13.4. The van der Waals surface area contributed by atoms with Gasteiger partial charge in [-0.15, -0.1) is 0 Å². The first-order chi connectivity index (χ1) is 8.74. The Bertz CT molecular complexity index is 352. The van der Waals surface area contributed by atoms with Gasteiger partial charge in [-0.05, 0) is 30.7 Å². The molecule has 0 bridgehead atoms. The molecule has 4 N–H and O–H groups in total. The molecule has 0 aromatic heterocycles. The van der Waals surface area contributed by atoms with Crippen molar-refractivity contribution in [1.29, 1.82) is 0 Å². The fourth-order valence-corrected chi connectivity index (χ4v) is 1.88. The van der Waals surface area contributed by atoms with E-state index in [-0.39, 0.29) is 6.15 Å². The van der Waals surface area contributed by atoms with E-state index < -0.39 is 0 Å². The van der Waals surface area contributed by atoms with Crippen LogP contribution in [0.2, 0.25) is 0 Å². The van der Waals surface area contributed by atoms with Crippen LogP contribution in [-0.2, 0) is 6.54 Å². The Hall–Kier alpha value is -1.26. The minimum absolute atomic E-state index is 0.